The molecule has 0 aliphatic carbocycles. The third-order valence-electron chi connectivity index (χ3n) is 4.91. The third kappa shape index (κ3) is 8.01. The fourth-order valence-electron chi connectivity index (χ4n) is 3.22. The third-order valence-corrected chi connectivity index (χ3v) is 4.91. The summed E-state index contributed by atoms with van der Waals surface area (Å²) in [4.78, 5) is 4.27. The molecule has 1 atom stereocenters. The number of aliphatic imine (C=N–C) groups is 1. The van der Waals surface area contributed by atoms with Gasteiger partial charge in [-0.2, -0.15) is 10.4 Å². The van der Waals surface area contributed by atoms with Crippen molar-refractivity contribution in [2.24, 2.45) is 4.99 Å². The summed E-state index contributed by atoms with van der Waals surface area (Å²) < 4.78 is 14.7. The highest BCUT2D eigenvalue weighted by atomic mass is 127. The van der Waals surface area contributed by atoms with Crippen LogP contribution < -0.4 is 16.4 Å². The average molecular weight is 541 g/mol. The minimum absolute atomic E-state index is 0. The first-order chi connectivity index (χ1) is 14.5. The number of unbranched alkanes of at least 4 members (excludes halogenated alkanes) is 2. The number of nitrogens with one attached hydrogen (secondary N) is 2. The predicted octanol–water partition coefficient (Wildman–Crippen LogP) is 4.15. The summed E-state index contributed by atoms with van der Waals surface area (Å²) in [6, 6.07) is 8.35. The Labute approximate surface area is 201 Å². The minimum atomic E-state index is -0.335. The molecule has 7 nitrogen and oxygen atoms in total. The SMILES string of the molecule is CCCCCC(C)NC(=NC)NCCCc1nn(-c2ccc(F)cc2)c(N)c1C#N.I. The van der Waals surface area contributed by atoms with Crippen molar-refractivity contribution in [1.29, 1.82) is 5.26 Å². The van der Waals surface area contributed by atoms with Gasteiger partial charge in [0.05, 0.1) is 11.4 Å². The molecule has 4 N–H and O–H groups in total. The van der Waals surface area contributed by atoms with Crippen LogP contribution in [0.3, 0.4) is 0 Å². The van der Waals surface area contributed by atoms with Gasteiger partial charge in [0, 0.05) is 19.6 Å². The van der Waals surface area contributed by atoms with Gasteiger partial charge in [0.2, 0.25) is 0 Å². The summed E-state index contributed by atoms with van der Waals surface area (Å²) in [5.74, 6) is 0.708. The first-order valence-electron chi connectivity index (χ1n) is 10.5. The maximum atomic E-state index is 13.2. The van der Waals surface area contributed by atoms with Crippen LogP contribution in [-0.4, -0.2) is 35.4 Å². The first kappa shape index (κ1) is 26.7. The lowest BCUT2D eigenvalue weighted by atomic mass is 10.1. The van der Waals surface area contributed by atoms with E-state index in [1.54, 1.807) is 19.2 Å². The second kappa shape index (κ2) is 13.9. The Balaban J connectivity index is 0.00000480. The zero-order valence-electron chi connectivity index (χ0n) is 18.5. The van der Waals surface area contributed by atoms with E-state index in [1.165, 1.54) is 36.1 Å². The van der Waals surface area contributed by atoms with Crippen LogP contribution in [0, 0.1) is 17.1 Å². The molecule has 2 rings (SSSR count). The van der Waals surface area contributed by atoms with Gasteiger partial charge in [-0.25, -0.2) is 9.07 Å². The molecule has 1 aromatic carbocycles. The van der Waals surface area contributed by atoms with E-state index in [0.29, 0.717) is 36.0 Å². The van der Waals surface area contributed by atoms with Crippen molar-refractivity contribution in [1.82, 2.24) is 20.4 Å². The van der Waals surface area contributed by atoms with Crippen molar-refractivity contribution in [2.75, 3.05) is 19.3 Å². The number of nitrogen functional groups attached to an aromatic ring is 1. The zero-order valence-corrected chi connectivity index (χ0v) is 20.8. The van der Waals surface area contributed by atoms with Crippen molar-refractivity contribution in [3.63, 3.8) is 0 Å². The number of nitrogens with two attached hydrogens (primary N) is 1. The number of benzene rings is 1. The predicted molar refractivity (Wildman–Crippen MR) is 134 cm³/mol. The van der Waals surface area contributed by atoms with Crippen LogP contribution in [0.4, 0.5) is 10.2 Å². The molecule has 31 heavy (non-hydrogen) atoms. The van der Waals surface area contributed by atoms with Gasteiger partial charge in [-0.3, -0.25) is 4.99 Å². The molecular weight excluding hydrogens is 508 g/mol. The fourth-order valence-corrected chi connectivity index (χ4v) is 3.22. The lowest BCUT2D eigenvalue weighted by Crippen LogP contribution is -2.42. The van der Waals surface area contributed by atoms with Crippen molar-refractivity contribution < 1.29 is 4.39 Å². The number of nitriles is 1. The maximum absolute atomic E-state index is 13.2. The minimum Gasteiger partial charge on any atom is -0.382 e. The molecule has 0 saturated heterocycles. The Bertz CT molecular complexity index is 871. The van der Waals surface area contributed by atoms with Crippen LogP contribution in [0.1, 0.15) is 57.2 Å². The fraction of sp³-hybridized carbons (Fsp3) is 0.500. The molecule has 0 amide bonds. The molecule has 1 heterocycles. The highest BCUT2D eigenvalue weighted by Gasteiger charge is 2.16. The van der Waals surface area contributed by atoms with E-state index in [2.05, 4.69) is 40.6 Å². The van der Waals surface area contributed by atoms with Gasteiger partial charge < -0.3 is 16.4 Å². The summed E-state index contributed by atoms with van der Waals surface area (Å²) >= 11 is 0. The van der Waals surface area contributed by atoms with Gasteiger partial charge in [0.15, 0.2) is 5.96 Å². The van der Waals surface area contributed by atoms with Crippen LogP contribution in [0.25, 0.3) is 5.69 Å². The zero-order chi connectivity index (χ0) is 21.9. The summed E-state index contributed by atoms with van der Waals surface area (Å²) in [5, 5.41) is 20.7. The monoisotopic (exact) mass is 541 g/mol. The Morgan fingerprint density at radius 1 is 1.29 bits per heavy atom. The molecule has 0 saturated carbocycles. The molecule has 0 bridgehead atoms. The summed E-state index contributed by atoms with van der Waals surface area (Å²) in [6.07, 6.45) is 6.13. The van der Waals surface area contributed by atoms with E-state index in [9.17, 15) is 9.65 Å². The Hall–Kier alpha value is -2.35. The summed E-state index contributed by atoms with van der Waals surface area (Å²) in [5.41, 5.74) is 7.73. The summed E-state index contributed by atoms with van der Waals surface area (Å²) in [6.45, 7) is 5.05. The average Bonchev–Trinajstić information content (AvgIpc) is 3.06. The van der Waals surface area contributed by atoms with Crippen LogP contribution in [0.2, 0.25) is 0 Å². The van der Waals surface area contributed by atoms with E-state index >= 15 is 0 Å². The molecule has 0 radical (unpaired) electrons. The lowest BCUT2D eigenvalue weighted by molar-refractivity contribution is 0.546. The van der Waals surface area contributed by atoms with Gasteiger partial charge >= 0.3 is 0 Å². The van der Waals surface area contributed by atoms with Crippen molar-refractivity contribution in [3.05, 3.63) is 41.3 Å². The van der Waals surface area contributed by atoms with Crippen molar-refractivity contribution in [3.8, 4) is 11.8 Å². The number of nitrogens with zero attached hydrogens (tertiary/aromatic N) is 4. The molecule has 2 aromatic rings. The van der Waals surface area contributed by atoms with Crippen LogP contribution >= 0.6 is 24.0 Å². The highest BCUT2D eigenvalue weighted by Crippen LogP contribution is 2.21. The van der Waals surface area contributed by atoms with Gasteiger partial charge in [-0.1, -0.05) is 26.2 Å². The molecule has 0 fully saturated rings. The number of hydrogen-bond donors (Lipinski definition) is 3. The standard InChI is InChI=1S/C22H32FN7.HI/c1-4-5-6-8-16(2)28-22(26-3)27-14-7-9-20-19(15-24)21(25)30(29-20)18-12-10-17(23)11-13-18;/h10-13,16H,4-9,14,25H2,1-3H3,(H2,26,27,28);1H. The second-order valence-electron chi connectivity index (χ2n) is 7.35. The normalized spacial score (nSPS) is 12.0. The van der Waals surface area contributed by atoms with E-state index < -0.39 is 0 Å². The van der Waals surface area contributed by atoms with Gasteiger partial charge in [0.25, 0.3) is 0 Å². The number of aryl methyl sites for hydroxylation is 1. The molecular formula is C22H33FIN7. The van der Waals surface area contributed by atoms with Crippen LogP contribution in [0.15, 0.2) is 29.3 Å². The molecule has 1 unspecified atom stereocenters. The van der Waals surface area contributed by atoms with Crippen LogP contribution in [0.5, 0.6) is 0 Å². The highest BCUT2D eigenvalue weighted by molar-refractivity contribution is 14.0. The molecule has 0 aliphatic heterocycles. The van der Waals surface area contributed by atoms with Gasteiger partial charge in [-0.05, 0) is 50.5 Å². The molecule has 170 valence electrons. The number of rotatable bonds is 10. The van der Waals surface area contributed by atoms with Gasteiger partial charge in [-0.15, -0.1) is 24.0 Å². The number of hydrogen-bond acceptors (Lipinski definition) is 4. The van der Waals surface area contributed by atoms with E-state index in [4.69, 9.17) is 5.73 Å². The number of halogens is 2. The molecule has 1 aromatic heterocycles. The Kier molecular flexibility index (Phi) is 11.9. The number of anilines is 1. The van der Waals surface area contributed by atoms with E-state index in [0.717, 1.165) is 18.8 Å². The molecule has 0 spiro atoms. The first-order valence-corrected chi connectivity index (χ1v) is 10.5. The quantitative estimate of drug-likeness (QED) is 0.182. The Morgan fingerprint density at radius 2 is 2.00 bits per heavy atom. The number of guanidine groups is 1. The maximum Gasteiger partial charge on any atom is 0.191 e. The van der Waals surface area contributed by atoms with Crippen LogP contribution in [-0.2, 0) is 6.42 Å². The second-order valence-corrected chi connectivity index (χ2v) is 7.35. The van der Waals surface area contributed by atoms with Crippen molar-refractivity contribution >= 4 is 35.8 Å². The van der Waals surface area contributed by atoms with Gasteiger partial charge in [0.1, 0.15) is 23.3 Å². The van der Waals surface area contributed by atoms with Crippen molar-refractivity contribution in [2.45, 2.75) is 58.4 Å². The smallest absolute Gasteiger partial charge is 0.191 e. The lowest BCUT2D eigenvalue weighted by Gasteiger charge is -2.17. The molecule has 9 heteroatoms. The topological polar surface area (TPSA) is 104 Å². The largest absolute Gasteiger partial charge is 0.382 e. The summed E-state index contributed by atoms with van der Waals surface area (Å²) in [7, 11) is 1.76. The van der Waals surface area contributed by atoms with E-state index in [-0.39, 0.29) is 35.6 Å². The molecule has 0 aliphatic rings. The number of aromatic nitrogens is 2. The van der Waals surface area contributed by atoms with E-state index in [1.807, 2.05) is 0 Å². The Morgan fingerprint density at radius 3 is 2.61 bits per heavy atom.